The lowest BCUT2D eigenvalue weighted by atomic mass is 10.1. The number of guanidine groups is 1. The number of aliphatic imine (C=N–C) groups is 1. The van der Waals surface area contributed by atoms with Crippen molar-refractivity contribution in [2.75, 3.05) is 5.32 Å². The third-order valence-electron chi connectivity index (χ3n) is 5.06. The molecule has 1 aliphatic heterocycles. The normalized spacial score (nSPS) is 13.7. The highest BCUT2D eigenvalue weighted by molar-refractivity contribution is 7.90. The molecule has 0 aromatic heterocycles. The molecule has 3 aromatic rings. The van der Waals surface area contributed by atoms with Crippen LogP contribution in [0.3, 0.4) is 0 Å². The maximum atomic E-state index is 13.2. The van der Waals surface area contributed by atoms with Crippen molar-refractivity contribution in [3.05, 3.63) is 82.9 Å². The Kier molecular flexibility index (Phi) is 5.58. The topological polar surface area (TPSA) is 137 Å². The summed E-state index contributed by atoms with van der Waals surface area (Å²) < 4.78 is 32.4. The summed E-state index contributed by atoms with van der Waals surface area (Å²) in [4.78, 5) is 16.2. The highest BCUT2D eigenvalue weighted by Gasteiger charge is 2.30. The SMILES string of the molecule is Cc1cccc2c1Oc1cc(NCc3ccccc3)c(C(=O)N=C(N)N)cc1S(=O)(=O)C2. The van der Waals surface area contributed by atoms with E-state index >= 15 is 0 Å². The van der Waals surface area contributed by atoms with Crippen molar-refractivity contribution >= 4 is 27.4 Å². The van der Waals surface area contributed by atoms with Gasteiger partial charge in [0.15, 0.2) is 15.8 Å². The molecular formula is C23H22N4O4S. The Labute approximate surface area is 185 Å². The van der Waals surface area contributed by atoms with Gasteiger partial charge in [0, 0.05) is 18.2 Å². The Hall–Kier alpha value is -3.85. The molecule has 1 amide bonds. The number of nitrogens with zero attached hydrogens (tertiary/aromatic N) is 1. The molecular weight excluding hydrogens is 428 g/mol. The molecule has 9 heteroatoms. The van der Waals surface area contributed by atoms with Crippen LogP contribution in [-0.2, 0) is 22.1 Å². The van der Waals surface area contributed by atoms with Crippen molar-refractivity contribution in [1.82, 2.24) is 0 Å². The fourth-order valence-corrected chi connectivity index (χ4v) is 5.04. The van der Waals surface area contributed by atoms with Crippen LogP contribution in [0.1, 0.15) is 27.0 Å². The van der Waals surface area contributed by atoms with Gasteiger partial charge in [0.2, 0.25) is 0 Å². The van der Waals surface area contributed by atoms with Gasteiger partial charge in [0.1, 0.15) is 16.4 Å². The lowest BCUT2D eigenvalue weighted by Gasteiger charge is -2.16. The fraction of sp³-hybridized carbons (Fsp3) is 0.130. The average Bonchev–Trinajstić information content (AvgIpc) is 2.85. The molecule has 0 saturated carbocycles. The van der Waals surface area contributed by atoms with Crippen LogP contribution >= 0.6 is 0 Å². The van der Waals surface area contributed by atoms with Crippen molar-refractivity contribution in [2.24, 2.45) is 16.5 Å². The number of nitrogens with two attached hydrogens (primary N) is 2. The number of rotatable bonds is 4. The van der Waals surface area contributed by atoms with E-state index in [9.17, 15) is 13.2 Å². The van der Waals surface area contributed by atoms with Gasteiger partial charge in [-0.25, -0.2) is 8.42 Å². The van der Waals surface area contributed by atoms with E-state index in [0.29, 0.717) is 23.5 Å². The second-order valence-electron chi connectivity index (χ2n) is 7.45. The zero-order chi connectivity index (χ0) is 22.9. The standard InChI is InChI=1S/C23H22N4O4S/c1-14-6-5-9-16-13-32(29,30)20-10-17(22(28)27-23(24)25)18(11-19(20)31-21(14)16)26-12-15-7-3-2-4-8-15/h2-11,26H,12-13H2,1H3,(H4,24,25,27,28). The molecule has 4 rings (SSSR count). The zero-order valence-corrected chi connectivity index (χ0v) is 18.1. The number of carbonyl (C=O) groups excluding carboxylic acids is 1. The fourth-order valence-electron chi connectivity index (χ4n) is 3.54. The van der Waals surface area contributed by atoms with Gasteiger partial charge in [-0.3, -0.25) is 4.79 Å². The highest BCUT2D eigenvalue weighted by Crippen LogP contribution is 2.42. The van der Waals surface area contributed by atoms with E-state index in [1.54, 1.807) is 12.1 Å². The van der Waals surface area contributed by atoms with E-state index in [1.807, 2.05) is 43.3 Å². The van der Waals surface area contributed by atoms with E-state index in [2.05, 4.69) is 10.3 Å². The minimum Gasteiger partial charge on any atom is -0.455 e. The molecule has 0 bridgehead atoms. The van der Waals surface area contributed by atoms with Crippen LogP contribution in [0.2, 0.25) is 0 Å². The summed E-state index contributed by atoms with van der Waals surface area (Å²) in [5, 5.41) is 3.17. The van der Waals surface area contributed by atoms with Crippen molar-refractivity contribution < 1.29 is 17.9 Å². The van der Waals surface area contributed by atoms with Crippen LogP contribution in [0.15, 0.2) is 70.6 Å². The molecule has 0 radical (unpaired) electrons. The first-order chi connectivity index (χ1) is 15.2. The molecule has 3 aromatic carbocycles. The van der Waals surface area contributed by atoms with Gasteiger partial charge in [-0.2, -0.15) is 4.99 Å². The third kappa shape index (κ3) is 4.28. The van der Waals surface area contributed by atoms with Gasteiger partial charge in [-0.1, -0.05) is 48.5 Å². The summed E-state index contributed by atoms with van der Waals surface area (Å²) in [5.74, 6) is -0.788. The first kappa shape index (κ1) is 21.4. The summed E-state index contributed by atoms with van der Waals surface area (Å²) in [6.45, 7) is 2.24. The summed E-state index contributed by atoms with van der Waals surface area (Å²) in [7, 11) is -3.79. The summed E-state index contributed by atoms with van der Waals surface area (Å²) in [5.41, 5.74) is 13.5. The molecule has 32 heavy (non-hydrogen) atoms. The third-order valence-corrected chi connectivity index (χ3v) is 6.74. The number of aryl methyl sites for hydroxylation is 1. The molecule has 164 valence electrons. The highest BCUT2D eigenvalue weighted by atomic mass is 32.2. The first-order valence-corrected chi connectivity index (χ1v) is 11.5. The number of anilines is 1. The van der Waals surface area contributed by atoms with E-state index in [4.69, 9.17) is 16.2 Å². The number of benzene rings is 3. The smallest absolute Gasteiger partial charge is 0.282 e. The van der Waals surface area contributed by atoms with E-state index in [0.717, 1.165) is 11.1 Å². The average molecular weight is 451 g/mol. The van der Waals surface area contributed by atoms with Crippen LogP contribution in [0.4, 0.5) is 5.69 Å². The van der Waals surface area contributed by atoms with Gasteiger partial charge in [0.05, 0.1) is 17.0 Å². The predicted octanol–water partition coefficient (Wildman–Crippen LogP) is 3.10. The Balaban J connectivity index is 1.85. The Bertz CT molecular complexity index is 1330. The molecule has 1 heterocycles. The lowest BCUT2D eigenvalue weighted by molar-refractivity contribution is 0.100. The van der Waals surface area contributed by atoms with Crippen molar-refractivity contribution in [1.29, 1.82) is 0 Å². The Morgan fingerprint density at radius 3 is 2.56 bits per heavy atom. The number of amides is 1. The van der Waals surface area contributed by atoms with Crippen LogP contribution in [0.25, 0.3) is 0 Å². The van der Waals surface area contributed by atoms with E-state index in [-0.39, 0.29) is 22.0 Å². The molecule has 0 atom stereocenters. The number of carbonyl (C=O) groups is 1. The second-order valence-corrected chi connectivity index (χ2v) is 9.41. The molecule has 0 fully saturated rings. The molecule has 0 unspecified atom stereocenters. The van der Waals surface area contributed by atoms with Crippen LogP contribution in [0, 0.1) is 6.92 Å². The molecule has 0 spiro atoms. The number of fused-ring (bicyclic) bond motifs is 2. The predicted molar refractivity (Wildman–Crippen MR) is 122 cm³/mol. The Morgan fingerprint density at radius 1 is 1.09 bits per heavy atom. The minimum atomic E-state index is -3.79. The summed E-state index contributed by atoms with van der Waals surface area (Å²) in [6, 6.07) is 17.7. The van der Waals surface area contributed by atoms with Gasteiger partial charge >= 0.3 is 0 Å². The van der Waals surface area contributed by atoms with Crippen molar-refractivity contribution in [3.8, 4) is 11.5 Å². The number of sulfone groups is 1. The maximum absolute atomic E-state index is 13.2. The van der Waals surface area contributed by atoms with Gasteiger partial charge in [0.25, 0.3) is 5.91 Å². The van der Waals surface area contributed by atoms with E-state index in [1.165, 1.54) is 12.1 Å². The molecule has 1 aliphatic rings. The molecule has 0 aliphatic carbocycles. The van der Waals surface area contributed by atoms with Crippen molar-refractivity contribution in [3.63, 3.8) is 0 Å². The number of hydrogen-bond donors (Lipinski definition) is 3. The Morgan fingerprint density at radius 2 is 1.84 bits per heavy atom. The quantitative estimate of drug-likeness (QED) is 0.410. The monoisotopic (exact) mass is 450 g/mol. The minimum absolute atomic E-state index is 0.0305. The molecule has 5 N–H and O–H groups in total. The van der Waals surface area contributed by atoms with Gasteiger partial charge < -0.3 is 21.5 Å². The number of para-hydroxylation sites is 1. The molecule has 8 nitrogen and oxygen atoms in total. The first-order valence-electron chi connectivity index (χ1n) is 9.83. The van der Waals surface area contributed by atoms with Gasteiger partial charge in [-0.15, -0.1) is 0 Å². The van der Waals surface area contributed by atoms with E-state index < -0.39 is 21.7 Å². The lowest BCUT2D eigenvalue weighted by Crippen LogP contribution is -2.24. The number of nitrogens with one attached hydrogen (secondary N) is 1. The maximum Gasteiger partial charge on any atom is 0.282 e. The van der Waals surface area contributed by atoms with Crippen LogP contribution < -0.4 is 21.5 Å². The van der Waals surface area contributed by atoms with Crippen LogP contribution in [-0.4, -0.2) is 20.3 Å². The summed E-state index contributed by atoms with van der Waals surface area (Å²) >= 11 is 0. The molecule has 0 saturated heterocycles. The zero-order valence-electron chi connectivity index (χ0n) is 17.3. The van der Waals surface area contributed by atoms with Crippen LogP contribution in [0.5, 0.6) is 11.5 Å². The largest absolute Gasteiger partial charge is 0.455 e. The summed E-state index contributed by atoms with van der Waals surface area (Å²) in [6.07, 6.45) is 0. The number of hydrogen-bond acceptors (Lipinski definition) is 5. The van der Waals surface area contributed by atoms with Crippen molar-refractivity contribution in [2.45, 2.75) is 24.1 Å². The number of ether oxygens (including phenoxy) is 1. The second kappa shape index (κ2) is 8.35. The van der Waals surface area contributed by atoms with Gasteiger partial charge in [-0.05, 0) is 24.1 Å².